The van der Waals surface area contributed by atoms with Crippen LogP contribution in [0.5, 0.6) is 0 Å². The number of hydrogen-bond donors (Lipinski definition) is 2. The van der Waals surface area contributed by atoms with Crippen molar-refractivity contribution in [3.05, 3.63) is 65.0 Å². The highest BCUT2D eigenvalue weighted by Crippen LogP contribution is 2.18. The van der Waals surface area contributed by atoms with Crippen LogP contribution in [0.2, 0.25) is 0 Å². The van der Waals surface area contributed by atoms with E-state index in [4.69, 9.17) is 4.74 Å². The molecule has 158 valence electrons. The number of hydrogen-bond acceptors (Lipinski definition) is 4. The van der Waals surface area contributed by atoms with E-state index in [-0.39, 0.29) is 11.9 Å². The van der Waals surface area contributed by atoms with Crippen LogP contribution in [0.1, 0.15) is 29.7 Å². The Hall–Kier alpha value is -2.45. The van der Waals surface area contributed by atoms with Crippen LogP contribution < -0.4 is 10.6 Å². The van der Waals surface area contributed by atoms with Crippen molar-refractivity contribution in [1.82, 2.24) is 10.6 Å². The smallest absolute Gasteiger partial charge is 0.191 e. The molecular weight excluding hydrogens is 393 g/mol. The van der Waals surface area contributed by atoms with E-state index in [0.717, 1.165) is 11.1 Å². The Morgan fingerprint density at radius 2 is 1.86 bits per heavy atom. The lowest BCUT2D eigenvalue weighted by Crippen LogP contribution is -2.39. The number of nitrogens with zero attached hydrogens (tertiary/aromatic N) is 1. The van der Waals surface area contributed by atoms with Gasteiger partial charge in [-0.1, -0.05) is 24.3 Å². The highest BCUT2D eigenvalue weighted by molar-refractivity contribution is 7.90. The molecule has 0 fully saturated rings. The summed E-state index contributed by atoms with van der Waals surface area (Å²) in [5.41, 5.74) is 2.48. The maximum atomic E-state index is 13.1. The summed E-state index contributed by atoms with van der Waals surface area (Å²) >= 11 is 0. The molecule has 0 saturated carbocycles. The van der Waals surface area contributed by atoms with E-state index in [1.165, 1.54) is 18.4 Å². The van der Waals surface area contributed by atoms with Crippen molar-refractivity contribution in [2.24, 2.45) is 4.99 Å². The van der Waals surface area contributed by atoms with E-state index in [1.807, 2.05) is 13.0 Å². The number of halogens is 1. The Kier molecular flexibility index (Phi) is 8.16. The van der Waals surface area contributed by atoms with Gasteiger partial charge in [0.1, 0.15) is 5.82 Å². The van der Waals surface area contributed by atoms with E-state index in [0.29, 0.717) is 36.1 Å². The molecule has 0 aliphatic heterocycles. The average Bonchev–Trinajstić information content (AvgIpc) is 2.66. The average molecular weight is 422 g/mol. The standard InChI is InChI=1S/C21H28FN3O3S/c1-5-23-21(25-14-19(28-3)17-7-9-18(22)10-8-17)24-13-16-6-11-20(15(2)12-16)29(4,26)27/h6-12,19H,5,13-14H2,1-4H3,(H2,23,24,25). The number of ether oxygens (including phenoxy) is 1. The van der Waals surface area contributed by atoms with Crippen LogP contribution in [0.3, 0.4) is 0 Å². The molecule has 0 amide bonds. The highest BCUT2D eigenvalue weighted by atomic mass is 32.2. The molecule has 8 heteroatoms. The zero-order valence-electron chi connectivity index (χ0n) is 17.2. The fourth-order valence-electron chi connectivity index (χ4n) is 2.94. The minimum Gasteiger partial charge on any atom is -0.375 e. The van der Waals surface area contributed by atoms with Gasteiger partial charge in [0.25, 0.3) is 0 Å². The molecule has 2 aromatic carbocycles. The summed E-state index contributed by atoms with van der Waals surface area (Å²) in [5, 5.41) is 6.40. The first-order valence-corrected chi connectivity index (χ1v) is 11.2. The van der Waals surface area contributed by atoms with Gasteiger partial charge in [-0.15, -0.1) is 0 Å². The third kappa shape index (κ3) is 6.83. The minimum atomic E-state index is -3.24. The van der Waals surface area contributed by atoms with Gasteiger partial charge >= 0.3 is 0 Å². The van der Waals surface area contributed by atoms with Gasteiger partial charge < -0.3 is 15.4 Å². The lowest BCUT2D eigenvalue weighted by atomic mass is 10.1. The van der Waals surface area contributed by atoms with E-state index in [9.17, 15) is 12.8 Å². The second kappa shape index (κ2) is 10.4. The summed E-state index contributed by atoms with van der Waals surface area (Å²) in [6.07, 6.45) is 0.948. The zero-order valence-corrected chi connectivity index (χ0v) is 18.0. The maximum Gasteiger partial charge on any atom is 0.191 e. The fourth-order valence-corrected chi connectivity index (χ4v) is 3.90. The molecule has 1 unspecified atom stereocenters. The van der Waals surface area contributed by atoms with Crippen molar-refractivity contribution in [2.45, 2.75) is 31.4 Å². The van der Waals surface area contributed by atoms with Gasteiger partial charge in [0, 0.05) is 26.5 Å². The molecule has 2 N–H and O–H groups in total. The van der Waals surface area contributed by atoms with Crippen LogP contribution >= 0.6 is 0 Å². The van der Waals surface area contributed by atoms with Gasteiger partial charge in [-0.05, 0) is 48.7 Å². The summed E-state index contributed by atoms with van der Waals surface area (Å²) in [6, 6.07) is 11.4. The summed E-state index contributed by atoms with van der Waals surface area (Å²) in [4.78, 5) is 4.89. The topological polar surface area (TPSA) is 79.8 Å². The van der Waals surface area contributed by atoms with Crippen molar-refractivity contribution in [1.29, 1.82) is 0 Å². The molecule has 0 saturated heterocycles. The lowest BCUT2D eigenvalue weighted by molar-refractivity contribution is 0.106. The number of rotatable bonds is 8. The number of methoxy groups -OCH3 is 1. The molecule has 0 aliphatic rings. The predicted octanol–water partition coefficient (Wildman–Crippen LogP) is 2.98. The predicted molar refractivity (Wildman–Crippen MR) is 113 cm³/mol. The molecule has 2 rings (SSSR count). The molecule has 0 bridgehead atoms. The molecule has 0 spiro atoms. The third-order valence-corrected chi connectivity index (χ3v) is 5.64. The third-order valence-electron chi connectivity index (χ3n) is 4.38. The molecule has 0 aliphatic carbocycles. The van der Waals surface area contributed by atoms with Gasteiger partial charge in [0.15, 0.2) is 15.8 Å². The zero-order chi connectivity index (χ0) is 21.4. The largest absolute Gasteiger partial charge is 0.375 e. The van der Waals surface area contributed by atoms with Crippen molar-refractivity contribution in [3.63, 3.8) is 0 Å². The van der Waals surface area contributed by atoms with Gasteiger partial charge in [-0.3, -0.25) is 0 Å². The normalized spacial score (nSPS) is 13.2. The van der Waals surface area contributed by atoms with Crippen LogP contribution in [0.4, 0.5) is 4.39 Å². The van der Waals surface area contributed by atoms with E-state index >= 15 is 0 Å². The summed E-state index contributed by atoms with van der Waals surface area (Å²) in [5.74, 6) is 0.324. The Morgan fingerprint density at radius 3 is 2.41 bits per heavy atom. The summed E-state index contributed by atoms with van der Waals surface area (Å²) in [6.45, 7) is 5.29. The van der Waals surface area contributed by atoms with Crippen LogP contribution in [0, 0.1) is 12.7 Å². The molecule has 0 heterocycles. The van der Waals surface area contributed by atoms with Crippen molar-refractivity contribution in [2.75, 3.05) is 26.5 Å². The van der Waals surface area contributed by atoms with Crippen molar-refractivity contribution < 1.29 is 17.5 Å². The molecule has 0 aromatic heterocycles. The number of guanidine groups is 1. The minimum absolute atomic E-state index is 0.254. The van der Waals surface area contributed by atoms with Gasteiger partial charge in [-0.2, -0.15) is 0 Å². The van der Waals surface area contributed by atoms with Gasteiger partial charge in [-0.25, -0.2) is 17.8 Å². The van der Waals surface area contributed by atoms with Gasteiger partial charge in [0.2, 0.25) is 0 Å². The maximum absolute atomic E-state index is 13.1. The number of benzene rings is 2. The monoisotopic (exact) mass is 421 g/mol. The number of sulfone groups is 1. The SMILES string of the molecule is CCNC(=NCc1ccc(S(C)(=O)=O)c(C)c1)NCC(OC)c1ccc(F)cc1. The second-order valence-electron chi connectivity index (χ2n) is 6.72. The first-order valence-electron chi connectivity index (χ1n) is 9.34. The van der Waals surface area contributed by atoms with Crippen molar-refractivity contribution >= 4 is 15.8 Å². The Labute approximate surface area is 172 Å². The summed E-state index contributed by atoms with van der Waals surface area (Å²) in [7, 11) is -1.64. The molecule has 29 heavy (non-hydrogen) atoms. The molecule has 2 aromatic rings. The highest BCUT2D eigenvalue weighted by Gasteiger charge is 2.12. The number of aliphatic imine (C=N–C) groups is 1. The van der Waals surface area contributed by atoms with Crippen LogP contribution in [-0.2, 0) is 21.1 Å². The van der Waals surface area contributed by atoms with Crippen LogP contribution in [-0.4, -0.2) is 40.8 Å². The fraction of sp³-hybridized carbons (Fsp3) is 0.381. The second-order valence-corrected chi connectivity index (χ2v) is 8.71. The van der Waals surface area contributed by atoms with E-state index in [1.54, 1.807) is 38.3 Å². The molecule has 1 atom stereocenters. The Morgan fingerprint density at radius 1 is 1.17 bits per heavy atom. The number of aryl methyl sites for hydroxylation is 1. The van der Waals surface area contributed by atoms with E-state index < -0.39 is 9.84 Å². The van der Waals surface area contributed by atoms with Crippen LogP contribution in [0.25, 0.3) is 0 Å². The van der Waals surface area contributed by atoms with Crippen molar-refractivity contribution in [3.8, 4) is 0 Å². The molecular formula is C21H28FN3O3S. The van der Waals surface area contributed by atoms with Gasteiger partial charge in [0.05, 0.1) is 17.5 Å². The molecule has 6 nitrogen and oxygen atoms in total. The first kappa shape index (κ1) is 22.8. The number of nitrogens with one attached hydrogen (secondary N) is 2. The van der Waals surface area contributed by atoms with Crippen LogP contribution in [0.15, 0.2) is 52.4 Å². The summed E-state index contributed by atoms with van der Waals surface area (Å²) < 4.78 is 42.1. The molecule has 0 radical (unpaired) electrons. The lowest BCUT2D eigenvalue weighted by Gasteiger charge is -2.19. The Balaban J connectivity index is 2.07. The van der Waals surface area contributed by atoms with E-state index in [2.05, 4.69) is 15.6 Å². The quantitative estimate of drug-likeness (QED) is 0.506. The Bertz CT molecular complexity index is 944. The first-order chi connectivity index (χ1) is 13.7.